The molecule has 0 aliphatic rings. The third-order valence-corrected chi connectivity index (χ3v) is 2.20. The molecule has 2 aromatic rings. The van der Waals surface area contributed by atoms with Gasteiger partial charge >= 0.3 is 0 Å². The number of aryl methyl sites for hydroxylation is 1. The van der Waals surface area contributed by atoms with Crippen LogP contribution in [0.25, 0.3) is 5.65 Å². The van der Waals surface area contributed by atoms with E-state index in [0.717, 1.165) is 17.2 Å². The molecule has 0 radical (unpaired) electrons. The van der Waals surface area contributed by atoms with Crippen molar-refractivity contribution in [3.63, 3.8) is 0 Å². The fraction of sp³-hybridized carbons (Fsp3) is 0.417. The Balaban J connectivity index is 2.54. The normalized spacial score (nSPS) is 12.0. The maximum Gasteiger partial charge on any atom is 0.138 e. The summed E-state index contributed by atoms with van der Waals surface area (Å²) in [6.07, 6.45) is 2.03. The predicted octanol–water partition coefficient (Wildman–Crippen LogP) is 2.85. The second kappa shape index (κ2) is 3.26. The van der Waals surface area contributed by atoms with Gasteiger partial charge in [-0.3, -0.25) is 4.40 Å². The van der Waals surface area contributed by atoms with Crippen LogP contribution in [0.4, 0.5) is 5.82 Å². The number of hydrogen-bond donors (Lipinski definition) is 1. The molecule has 2 heterocycles. The van der Waals surface area contributed by atoms with Crippen molar-refractivity contribution >= 4 is 11.5 Å². The fourth-order valence-corrected chi connectivity index (χ4v) is 1.62. The lowest BCUT2D eigenvalue weighted by Crippen LogP contribution is -2.27. The molecule has 0 atom stereocenters. The van der Waals surface area contributed by atoms with Gasteiger partial charge in [-0.15, -0.1) is 0 Å². The third kappa shape index (κ3) is 1.96. The predicted molar refractivity (Wildman–Crippen MR) is 63.3 cm³/mol. The number of nitrogens with one attached hydrogen (secondary N) is 1. The largest absolute Gasteiger partial charge is 0.365 e. The molecule has 0 bridgehead atoms. The second-order valence-corrected chi connectivity index (χ2v) is 4.85. The summed E-state index contributed by atoms with van der Waals surface area (Å²) >= 11 is 0. The molecule has 0 aromatic carbocycles. The second-order valence-electron chi connectivity index (χ2n) is 4.85. The summed E-state index contributed by atoms with van der Waals surface area (Å²) in [5.74, 6) is 1.08. The number of hydrogen-bond acceptors (Lipinski definition) is 2. The summed E-state index contributed by atoms with van der Waals surface area (Å²) in [4.78, 5) is 4.50. The lowest BCUT2D eigenvalue weighted by molar-refractivity contribution is 0.628. The summed E-state index contributed by atoms with van der Waals surface area (Å²) in [5.41, 5.74) is 2.08. The molecule has 0 aliphatic carbocycles. The van der Waals surface area contributed by atoms with Crippen molar-refractivity contribution in [3.05, 3.63) is 30.1 Å². The van der Waals surface area contributed by atoms with E-state index in [1.165, 1.54) is 0 Å². The van der Waals surface area contributed by atoms with Crippen LogP contribution in [0.5, 0.6) is 0 Å². The van der Waals surface area contributed by atoms with Crippen molar-refractivity contribution in [3.8, 4) is 0 Å². The van der Waals surface area contributed by atoms with Crippen LogP contribution in [0.15, 0.2) is 24.4 Å². The topological polar surface area (TPSA) is 29.3 Å². The molecule has 15 heavy (non-hydrogen) atoms. The first-order valence-electron chi connectivity index (χ1n) is 5.19. The van der Waals surface area contributed by atoms with Crippen LogP contribution in [-0.4, -0.2) is 14.9 Å². The van der Waals surface area contributed by atoms with E-state index >= 15 is 0 Å². The lowest BCUT2D eigenvalue weighted by Gasteiger charge is -2.22. The first-order valence-corrected chi connectivity index (χ1v) is 5.19. The zero-order valence-electron chi connectivity index (χ0n) is 9.70. The van der Waals surface area contributed by atoms with E-state index in [4.69, 9.17) is 0 Å². The van der Waals surface area contributed by atoms with E-state index in [2.05, 4.69) is 35.5 Å². The van der Waals surface area contributed by atoms with Crippen LogP contribution in [-0.2, 0) is 0 Å². The Morgan fingerprint density at radius 2 is 2.00 bits per heavy atom. The summed E-state index contributed by atoms with van der Waals surface area (Å²) in [6, 6.07) is 6.03. The SMILES string of the molecule is Cc1nc2ccccn2c1NC(C)(C)C. The van der Waals surface area contributed by atoms with Gasteiger partial charge in [0.2, 0.25) is 0 Å². The van der Waals surface area contributed by atoms with E-state index < -0.39 is 0 Å². The van der Waals surface area contributed by atoms with Crippen LogP contribution < -0.4 is 5.32 Å². The zero-order valence-corrected chi connectivity index (χ0v) is 9.70. The summed E-state index contributed by atoms with van der Waals surface area (Å²) < 4.78 is 2.08. The van der Waals surface area contributed by atoms with Gasteiger partial charge in [-0.25, -0.2) is 4.98 Å². The van der Waals surface area contributed by atoms with Gasteiger partial charge in [0.25, 0.3) is 0 Å². The van der Waals surface area contributed by atoms with Gasteiger partial charge < -0.3 is 5.32 Å². The Morgan fingerprint density at radius 1 is 1.27 bits per heavy atom. The maximum atomic E-state index is 4.50. The number of rotatable bonds is 1. The molecule has 0 spiro atoms. The van der Waals surface area contributed by atoms with Gasteiger partial charge in [0.1, 0.15) is 11.5 Å². The van der Waals surface area contributed by atoms with Crippen molar-refractivity contribution in [2.45, 2.75) is 33.2 Å². The van der Waals surface area contributed by atoms with Crippen LogP contribution in [0.2, 0.25) is 0 Å². The summed E-state index contributed by atoms with van der Waals surface area (Å²) in [6.45, 7) is 8.47. The fourth-order valence-electron chi connectivity index (χ4n) is 1.62. The minimum Gasteiger partial charge on any atom is -0.365 e. The van der Waals surface area contributed by atoms with Crippen molar-refractivity contribution in [1.29, 1.82) is 0 Å². The van der Waals surface area contributed by atoms with E-state index in [1.807, 2.05) is 31.3 Å². The van der Waals surface area contributed by atoms with E-state index in [9.17, 15) is 0 Å². The molecule has 0 aliphatic heterocycles. The highest BCUT2D eigenvalue weighted by molar-refractivity contribution is 5.55. The van der Waals surface area contributed by atoms with Crippen molar-refractivity contribution in [1.82, 2.24) is 9.38 Å². The average molecular weight is 203 g/mol. The highest BCUT2D eigenvalue weighted by Gasteiger charge is 2.14. The Labute approximate surface area is 90.1 Å². The molecule has 3 nitrogen and oxygen atoms in total. The monoisotopic (exact) mass is 203 g/mol. The van der Waals surface area contributed by atoms with Gasteiger partial charge in [0.05, 0.1) is 5.69 Å². The highest BCUT2D eigenvalue weighted by atomic mass is 15.2. The molecule has 3 heteroatoms. The Bertz CT molecular complexity index is 477. The number of fused-ring (bicyclic) bond motifs is 1. The molecule has 80 valence electrons. The first-order chi connectivity index (χ1) is 6.97. The van der Waals surface area contributed by atoms with Gasteiger partial charge in [0.15, 0.2) is 0 Å². The Hall–Kier alpha value is -1.51. The number of anilines is 1. The van der Waals surface area contributed by atoms with Gasteiger partial charge in [-0.1, -0.05) is 6.07 Å². The molecule has 2 rings (SSSR count). The Morgan fingerprint density at radius 3 is 2.67 bits per heavy atom. The smallest absolute Gasteiger partial charge is 0.138 e. The van der Waals surface area contributed by atoms with Crippen LogP contribution in [0, 0.1) is 6.92 Å². The molecule has 0 fully saturated rings. The van der Waals surface area contributed by atoms with E-state index in [1.54, 1.807) is 0 Å². The van der Waals surface area contributed by atoms with Crippen LogP contribution >= 0.6 is 0 Å². The molecule has 0 saturated heterocycles. The molecule has 2 aromatic heterocycles. The standard InChI is InChI=1S/C12H17N3/c1-9-11(14-12(2,3)4)15-8-6-5-7-10(15)13-9/h5-8,14H,1-4H3. The highest BCUT2D eigenvalue weighted by Crippen LogP contribution is 2.20. The van der Waals surface area contributed by atoms with Crippen molar-refractivity contribution in [2.75, 3.05) is 5.32 Å². The number of imidazole rings is 1. The number of nitrogens with zero attached hydrogens (tertiary/aromatic N) is 2. The maximum absolute atomic E-state index is 4.50. The van der Waals surface area contributed by atoms with Crippen molar-refractivity contribution < 1.29 is 0 Å². The number of aromatic nitrogens is 2. The van der Waals surface area contributed by atoms with Crippen LogP contribution in [0.3, 0.4) is 0 Å². The van der Waals surface area contributed by atoms with Gasteiger partial charge in [-0.2, -0.15) is 0 Å². The quantitative estimate of drug-likeness (QED) is 0.772. The minimum atomic E-state index is 0.0521. The van der Waals surface area contributed by atoms with Crippen molar-refractivity contribution in [2.24, 2.45) is 0 Å². The molecule has 0 amide bonds. The molecule has 1 N–H and O–H groups in total. The third-order valence-electron chi connectivity index (χ3n) is 2.20. The van der Waals surface area contributed by atoms with Crippen LogP contribution in [0.1, 0.15) is 26.5 Å². The Kier molecular flexibility index (Phi) is 2.18. The summed E-state index contributed by atoms with van der Waals surface area (Å²) in [7, 11) is 0. The molecule has 0 saturated carbocycles. The minimum absolute atomic E-state index is 0.0521. The summed E-state index contributed by atoms with van der Waals surface area (Å²) in [5, 5.41) is 3.47. The molecular formula is C12H17N3. The van der Waals surface area contributed by atoms with Gasteiger partial charge in [0, 0.05) is 11.7 Å². The average Bonchev–Trinajstić information content (AvgIpc) is 2.41. The zero-order chi connectivity index (χ0) is 11.1. The molecular weight excluding hydrogens is 186 g/mol. The molecule has 0 unspecified atom stereocenters. The van der Waals surface area contributed by atoms with E-state index in [-0.39, 0.29) is 5.54 Å². The van der Waals surface area contributed by atoms with E-state index in [0.29, 0.717) is 0 Å². The lowest BCUT2D eigenvalue weighted by atomic mass is 10.1. The number of pyridine rings is 1. The van der Waals surface area contributed by atoms with Gasteiger partial charge in [-0.05, 0) is 39.8 Å². The first kappa shape index (κ1) is 10.0.